The lowest BCUT2D eigenvalue weighted by atomic mass is 9.96. The van der Waals surface area contributed by atoms with Crippen LogP contribution in [0.25, 0.3) is 5.69 Å². The smallest absolute Gasteiger partial charge is 0.170 e. The zero-order valence-electron chi connectivity index (χ0n) is 20.3. The average Bonchev–Trinajstić information content (AvgIpc) is 3.36. The van der Waals surface area contributed by atoms with Crippen LogP contribution < -0.4 is 5.32 Å². The Morgan fingerprint density at radius 1 is 1.09 bits per heavy atom. The predicted molar refractivity (Wildman–Crippen MR) is 144 cm³/mol. The molecule has 2 aliphatic rings. The first kappa shape index (κ1) is 24.3. The van der Waals surface area contributed by atoms with E-state index in [2.05, 4.69) is 57.8 Å². The number of ether oxygens (including phenoxy) is 1. The number of halogens is 1. The summed E-state index contributed by atoms with van der Waals surface area (Å²) < 4.78 is 7.80. The minimum absolute atomic E-state index is 0.00810. The maximum Gasteiger partial charge on any atom is 0.170 e. The molecule has 184 valence electrons. The van der Waals surface area contributed by atoms with Crippen molar-refractivity contribution < 1.29 is 4.74 Å². The van der Waals surface area contributed by atoms with Gasteiger partial charge in [-0.1, -0.05) is 17.7 Å². The Balaban J connectivity index is 1.47. The van der Waals surface area contributed by atoms with Gasteiger partial charge < -0.3 is 19.5 Å². The summed E-state index contributed by atoms with van der Waals surface area (Å²) in [6.07, 6.45) is 2.90. The van der Waals surface area contributed by atoms with Gasteiger partial charge in [-0.05, 0) is 80.5 Å². The number of thiocarbonyl (C=S) groups is 1. The third-order valence-corrected chi connectivity index (χ3v) is 7.65. The topological polar surface area (TPSA) is 45.6 Å². The van der Waals surface area contributed by atoms with E-state index in [1.165, 1.54) is 17.0 Å². The standard InChI is InChI=1S/C27H32ClN5OS/c1-19-18-23(20(2)33(19)22-9-7-21(28)8-10-22)26-25(24-6-3-4-11-29-24)30-27(35)32(26)13-5-12-31-14-16-34-17-15-31/h3-4,6-11,18,25-26H,5,12-17H2,1-2H3,(H,30,35)/t25-,26-/m1/s1. The monoisotopic (exact) mass is 509 g/mol. The molecular formula is C27H32ClN5OS. The van der Waals surface area contributed by atoms with Gasteiger partial charge >= 0.3 is 0 Å². The van der Waals surface area contributed by atoms with Crippen LogP contribution in [0, 0.1) is 13.8 Å². The van der Waals surface area contributed by atoms with Crippen molar-refractivity contribution in [3.8, 4) is 5.69 Å². The Morgan fingerprint density at radius 3 is 2.57 bits per heavy atom. The minimum atomic E-state index is -0.00810. The van der Waals surface area contributed by atoms with Crippen molar-refractivity contribution in [1.82, 2.24) is 24.7 Å². The van der Waals surface area contributed by atoms with Gasteiger partial charge in [-0.25, -0.2) is 0 Å². The van der Waals surface area contributed by atoms with Crippen molar-refractivity contribution in [2.45, 2.75) is 32.4 Å². The second kappa shape index (κ2) is 10.7. The number of nitrogens with one attached hydrogen (secondary N) is 1. The molecule has 1 N–H and O–H groups in total. The lowest BCUT2D eigenvalue weighted by Gasteiger charge is -2.30. The zero-order chi connectivity index (χ0) is 24.4. The molecule has 1 aromatic carbocycles. The first-order valence-electron chi connectivity index (χ1n) is 12.3. The molecule has 2 fully saturated rings. The Labute approximate surface area is 217 Å². The van der Waals surface area contributed by atoms with Crippen LogP contribution in [0.5, 0.6) is 0 Å². The van der Waals surface area contributed by atoms with Gasteiger partial charge in [-0.3, -0.25) is 9.88 Å². The summed E-state index contributed by atoms with van der Waals surface area (Å²) in [5.41, 5.74) is 5.78. The van der Waals surface area contributed by atoms with Gasteiger partial charge in [-0.15, -0.1) is 0 Å². The van der Waals surface area contributed by atoms with Crippen LogP contribution in [-0.2, 0) is 4.74 Å². The van der Waals surface area contributed by atoms with E-state index in [0.29, 0.717) is 0 Å². The van der Waals surface area contributed by atoms with E-state index >= 15 is 0 Å². The lowest BCUT2D eigenvalue weighted by molar-refractivity contribution is 0.0365. The van der Waals surface area contributed by atoms with E-state index in [-0.39, 0.29) is 12.1 Å². The van der Waals surface area contributed by atoms with Gasteiger partial charge in [0.2, 0.25) is 0 Å². The third kappa shape index (κ3) is 5.09. The molecule has 2 aliphatic heterocycles. The Hall–Kier alpha value is -2.45. The summed E-state index contributed by atoms with van der Waals surface area (Å²) in [6.45, 7) is 9.95. The molecule has 0 unspecified atom stereocenters. The van der Waals surface area contributed by atoms with Crippen LogP contribution in [0.15, 0.2) is 54.7 Å². The maximum atomic E-state index is 6.16. The Kier molecular flexibility index (Phi) is 7.39. The van der Waals surface area contributed by atoms with Gasteiger partial charge in [0.15, 0.2) is 5.11 Å². The number of hydrogen-bond acceptors (Lipinski definition) is 4. The van der Waals surface area contributed by atoms with Crippen molar-refractivity contribution in [2.24, 2.45) is 0 Å². The minimum Gasteiger partial charge on any atom is -0.379 e. The molecule has 6 nitrogen and oxygen atoms in total. The second-order valence-corrected chi connectivity index (χ2v) is 10.1. The van der Waals surface area contributed by atoms with Crippen molar-refractivity contribution in [3.05, 3.63) is 82.4 Å². The van der Waals surface area contributed by atoms with Gasteiger partial charge in [-0.2, -0.15) is 0 Å². The normalized spacial score (nSPS) is 20.9. The molecule has 8 heteroatoms. The molecule has 2 atom stereocenters. The summed E-state index contributed by atoms with van der Waals surface area (Å²) in [5, 5.41) is 5.13. The van der Waals surface area contributed by atoms with Crippen molar-refractivity contribution >= 4 is 28.9 Å². The molecule has 0 amide bonds. The number of aromatic nitrogens is 2. The number of pyridine rings is 1. The van der Waals surface area contributed by atoms with Crippen LogP contribution in [0.3, 0.4) is 0 Å². The quantitative estimate of drug-likeness (QED) is 0.460. The summed E-state index contributed by atoms with van der Waals surface area (Å²) in [7, 11) is 0. The molecule has 2 saturated heterocycles. The Morgan fingerprint density at radius 2 is 1.86 bits per heavy atom. The molecule has 0 aliphatic carbocycles. The SMILES string of the molecule is Cc1cc([C@@H]2[C@@H](c3ccccn3)NC(=S)N2CCCN2CCOCC2)c(C)n1-c1ccc(Cl)cc1. The third-order valence-electron chi connectivity index (χ3n) is 7.05. The molecule has 2 aromatic heterocycles. The van der Waals surface area contributed by atoms with E-state index in [0.717, 1.165) is 67.3 Å². The molecule has 0 spiro atoms. The van der Waals surface area contributed by atoms with Gasteiger partial charge in [0.1, 0.15) is 0 Å². The Bertz CT molecular complexity index is 1160. The fraction of sp³-hybridized carbons (Fsp3) is 0.407. The van der Waals surface area contributed by atoms with Crippen LogP contribution in [0.4, 0.5) is 0 Å². The number of hydrogen-bond donors (Lipinski definition) is 1. The zero-order valence-corrected chi connectivity index (χ0v) is 21.9. The highest BCUT2D eigenvalue weighted by molar-refractivity contribution is 7.80. The van der Waals surface area contributed by atoms with Crippen LogP contribution in [-0.4, -0.2) is 63.9 Å². The van der Waals surface area contributed by atoms with Gasteiger partial charge in [0.25, 0.3) is 0 Å². The van der Waals surface area contributed by atoms with E-state index < -0.39 is 0 Å². The molecule has 0 saturated carbocycles. The molecule has 35 heavy (non-hydrogen) atoms. The predicted octanol–water partition coefficient (Wildman–Crippen LogP) is 4.84. The fourth-order valence-corrected chi connectivity index (χ4v) is 5.81. The summed E-state index contributed by atoms with van der Waals surface area (Å²) in [5.74, 6) is 0. The summed E-state index contributed by atoms with van der Waals surface area (Å²) in [4.78, 5) is 9.54. The summed E-state index contributed by atoms with van der Waals surface area (Å²) in [6, 6.07) is 16.5. The number of aryl methyl sites for hydroxylation is 1. The largest absolute Gasteiger partial charge is 0.379 e. The summed E-state index contributed by atoms with van der Waals surface area (Å²) >= 11 is 12.0. The van der Waals surface area contributed by atoms with Crippen LogP contribution in [0.2, 0.25) is 5.02 Å². The molecule has 5 rings (SSSR count). The number of benzene rings is 1. The first-order chi connectivity index (χ1) is 17.0. The lowest BCUT2D eigenvalue weighted by Crippen LogP contribution is -2.39. The van der Waals surface area contributed by atoms with Crippen LogP contribution in [0.1, 0.15) is 41.1 Å². The van der Waals surface area contributed by atoms with Crippen molar-refractivity contribution in [1.29, 1.82) is 0 Å². The van der Waals surface area contributed by atoms with E-state index in [1.807, 2.05) is 30.5 Å². The van der Waals surface area contributed by atoms with E-state index in [4.69, 9.17) is 33.5 Å². The van der Waals surface area contributed by atoms with E-state index in [1.54, 1.807) is 0 Å². The molecular weight excluding hydrogens is 478 g/mol. The van der Waals surface area contributed by atoms with Crippen molar-refractivity contribution in [2.75, 3.05) is 39.4 Å². The highest BCUT2D eigenvalue weighted by Crippen LogP contribution is 2.41. The number of rotatable bonds is 7. The molecule has 4 heterocycles. The molecule has 0 bridgehead atoms. The maximum absolute atomic E-state index is 6.16. The second-order valence-electron chi connectivity index (χ2n) is 9.27. The average molecular weight is 510 g/mol. The van der Waals surface area contributed by atoms with E-state index in [9.17, 15) is 0 Å². The van der Waals surface area contributed by atoms with Crippen molar-refractivity contribution in [3.63, 3.8) is 0 Å². The molecule has 3 aromatic rings. The number of nitrogens with zero attached hydrogens (tertiary/aromatic N) is 4. The van der Waals surface area contributed by atoms with Crippen LogP contribution >= 0.6 is 23.8 Å². The highest BCUT2D eigenvalue weighted by atomic mass is 35.5. The van der Waals surface area contributed by atoms with Gasteiger partial charge in [0.05, 0.1) is 31.0 Å². The number of morpholine rings is 1. The van der Waals surface area contributed by atoms with Gasteiger partial charge in [0, 0.05) is 54.5 Å². The first-order valence-corrected chi connectivity index (χ1v) is 13.0. The fourth-order valence-electron chi connectivity index (χ4n) is 5.35. The highest BCUT2D eigenvalue weighted by Gasteiger charge is 2.41. The molecule has 0 radical (unpaired) electrons.